The van der Waals surface area contributed by atoms with E-state index in [0.717, 1.165) is 30.8 Å². The fraction of sp³-hybridized carbons (Fsp3) is 0.867. The Morgan fingerprint density at radius 2 is 1.62 bits per heavy atom. The van der Waals surface area contributed by atoms with E-state index in [0.29, 0.717) is 5.92 Å². The van der Waals surface area contributed by atoms with Crippen LogP contribution in [0, 0.1) is 11.8 Å². The first-order valence-electron chi connectivity index (χ1n) is 8.31. The molecule has 0 fully saturated rings. The maximum absolute atomic E-state index is 11.3. The molecule has 2 atom stereocenters. The number of rotatable bonds is 13. The van der Waals surface area contributed by atoms with Crippen molar-refractivity contribution in [2.75, 3.05) is 6.61 Å². The van der Waals surface area contributed by atoms with Crippen LogP contribution >= 0.6 is 15.6 Å². The zero-order chi connectivity index (χ0) is 18.8. The average molecular weight is 386 g/mol. The molecule has 0 rings (SSSR count). The van der Waals surface area contributed by atoms with Gasteiger partial charge in [-0.05, 0) is 31.6 Å². The predicted molar refractivity (Wildman–Crippen MR) is 94.4 cm³/mol. The van der Waals surface area contributed by atoms with Gasteiger partial charge in [-0.25, -0.2) is 9.13 Å². The molecule has 0 radical (unpaired) electrons. The molecular weight excluding hydrogens is 354 g/mol. The molecule has 9 heteroatoms. The fourth-order valence-electron chi connectivity index (χ4n) is 2.28. The van der Waals surface area contributed by atoms with Gasteiger partial charge in [-0.15, -0.1) is 0 Å². The van der Waals surface area contributed by atoms with E-state index in [1.807, 2.05) is 6.92 Å². The molecule has 0 saturated carbocycles. The van der Waals surface area contributed by atoms with Gasteiger partial charge in [0.1, 0.15) is 0 Å². The normalized spacial score (nSPS) is 17.1. The smallest absolute Gasteiger partial charge is 0.302 e. The van der Waals surface area contributed by atoms with Crippen LogP contribution in [0.4, 0.5) is 0 Å². The summed E-state index contributed by atoms with van der Waals surface area (Å²) in [7, 11) is -9.79. The Morgan fingerprint density at radius 1 is 1.04 bits per heavy atom. The average Bonchev–Trinajstić information content (AvgIpc) is 2.34. The third kappa shape index (κ3) is 15.5. The predicted octanol–water partition coefficient (Wildman–Crippen LogP) is 4.79. The Labute approximate surface area is 145 Å². The van der Waals surface area contributed by atoms with Crippen molar-refractivity contribution in [2.24, 2.45) is 11.8 Å². The SMILES string of the molecule is C/C(=C\COP(=O)(O)OP(=O)(O)O)CCC[C@@H](C)CCCC(C)C. The van der Waals surface area contributed by atoms with Gasteiger partial charge in [0, 0.05) is 0 Å². The van der Waals surface area contributed by atoms with Crippen molar-refractivity contribution in [3.63, 3.8) is 0 Å². The van der Waals surface area contributed by atoms with Crippen LogP contribution in [0.3, 0.4) is 0 Å². The first-order valence-corrected chi connectivity index (χ1v) is 11.3. The summed E-state index contributed by atoms with van der Waals surface area (Å²) < 4.78 is 30.0. The highest BCUT2D eigenvalue weighted by atomic mass is 31.3. The molecule has 3 N–H and O–H groups in total. The second kappa shape index (κ2) is 11.6. The Balaban J connectivity index is 3.95. The van der Waals surface area contributed by atoms with Crippen molar-refractivity contribution in [3.8, 4) is 0 Å². The van der Waals surface area contributed by atoms with Crippen LogP contribution in [0.5, 0.6) is 0 Å². The van der Waals surface area contributed by atoms with Crippen LogP contribution in [-0.4, -0.2) is 21.3 Å². The van der Waals surface area contributed by atoms with Gasteiger partial charge in [0.15, 0.2) is 0 Å². The maximum Gasteiger partial charge on any atom is 0.481 e. The van der Waals surface area contributed by atoms with E-state index in [1.54, 1.807) is 6.08 Å². The third-order valence-electron chi connectivity index (χ3n) is 3.63. The minimum absolute atomic E-state index is 0.233. The summed E-state index contributed by atoms with van der Waals surface area (Å²) in [5.41, 5.74) is 1.00. The molecule has 0 aromatic carbocycles. The molecule has 0 spiro atoms. The first kappa shape index (κ1) is 24.0. The molecule has 0 aliphatic rings. The number of phosphoric ester groups is 1. The Kier molecular flexibility index (Phi) is 11.6. The minimum Gasteiger partial charge on any atom is -0.302 e. The summed E-state index contributed by atoms with van der Waals surface area (Å²) in [4.78, 5) is 26.1. The highest BCUT2D eigenvalue weighted by Crippen LogP contribution is 2.57. The van der Waals surface area contributed by atoms with Gasteiger partial charge in [-0.2, -0.15) is 4.31 Å². The second-order valence-corrected chi connectivity index (χ2v) is 9.54. The largest absolute Gasteiger partial charge is 0.481 e. The molecule has 0 saturated heterocycles. The molecule has 0 bridgehead atoms. The quantitative estimate of drug-likeness (QED) is 0.308. The monoisotopic (exact) mass is 386 g/mol. The molecule has 0 heterocycles. The van der Waals surface area contributed by atoms with Crippen molar-refractivity contribution in [1.82, 2.24) is 0 Å². The van der Waals surface area contributed by atoms with E-state index < -0.39 is 15.6 Å². The number of allylic oxidation sites excluding steroid dienone is 1. The number of hydrogen-bond acceptors (Lipinski definition) is 4. The molecule has 144 valence electrons. The molecule has 1 unspecified atom stereocenters. The molecule has 24 heavy (non-hydrogen) atoms. The maximum atomic E-state index is 11.3. The highest BCUT2D eigenvalue weighted by molar-refractivity contribution is 7.60. The standard InChI is InChI=1S/C15H32O7P2/c1-13(2)7-5-8-14(3)9-6-10-15(4)11-12-21-24(19,20)22-23(16,17)18/h11,13-14H,5-10,12H2,1-4H3,(H,19,20)(H2,16,17,18)/b15-11+/t14-/m0/s1. The number of phosphoric acid groups is 2. The van der Waals surface area contributed by atoms with E-state index in [4.69, 9.17) is 14.7 Å². The van der Waals surface area contributed by atoms with Crippen molar-refractivity contribution in [3.05, 3.63) is 11.6 Å². The summed E-state index contributed by atoms with van der Waals surface area (Å²) in [6, 6.07) is 0. The second-order valence-electron chi connectivity index (χ2n) is 6.71. The lowest BCUT2D eigenvalue weighted by Crippen LogP contribution is -1.97. The van der Waals surface area contributed by atoms with Crippen LogP contribution in [0.1, 0.15) is 66.2 Å². The molecule has 0 aromatic heterocycles. The Hall–Kier alpha value is -0.0000000000000000416. The fourth-order valence-corrected chi connectivity index (χ4v) is 3.81. The lowest BCUT2D eigenvalue weighted by molar-refractivity contribution is 0.191. The summed E-state index contributed by atoms with van der Waals surface area (Å²) in [6.45, 7) is 8.38. The minimum atomic E-state index is -5.05. The zero-order valence-corrected chi connectivity index (χ0v) is 16.8. The van der Waals surface area contributed by atoms with Crippen LogP contribution in [-0.2, 0) is 18.0 Å². The van der Waals surface area contributed by atoms with Crippen LogP contribution < -0.4 is 0 Å². The number of hydrogen-bond donors (Lipinski definition) is 3. The lowest BCUT2D eigenvalue weighted by atomic mass is 9.94. The molecule has 0 aliphatic carbocycles. The van der Waals surface area contributed by atoms with Crippen molar-refractivity contribution >= 4 is 15.6 Å². The van der Waals surface area contributed by atoms with E-state index in [-0.39, 0.29) is 6.61 Å². The Morgan fingerprint density at radius 3 is 2.17 bits per heavy atom. The van der Waals surface area contributed by atoms with Crippen LogP contribution in [0.25, 0.3) is 0 Å². The molecule has 7 nitrogen and oxygen atoms in total. The van der Waals surface area contributed by atoms with Crippen LogP contribution in [0.2, 0.25) is 0 Å². The molecule has 0 aromatic rings. The van der Waals surface area contributed by atoms with Crippen molar-refractivity contribution in [2.45, 2.75) is 66.2 Å². The van der Waals surface area contributed by atoms with E-state index in [9.17, 15) is 9.13 Å². The molecular formula is C15H32O7P2. The van der Waals surface area contributed by atoms with E-state index in [2.05, 4.69) is 29.6 Å². The summed E-state index contributed by atoms with van der Waals surface area (Å²) in [6.07, 6.45) is 8.38. The Bertz CT molecular complexity index is 470. The van der Waals surface area contributed by atoms with Gasteiger partial charge < -0.3 is 14.7 Å². The van der Waals surface area contributed by atoms with Gasteiger partial charge in [0.05, 0.1) is 6.61 Å². The van der Waals surface area contributed by atoms with E-state index in [1.165, 1.54) is 19.3 Å². The third-order valence-corrected chi connectivity index (χ3v) is 5.78. The first-order chi connectivity index (χ1) is 10.9. The summed E-state index contributed by atoms with van der Waals surface area (Å²) in [5, 5.41) is 0. The lowest BCUT2D eigenvalue weighted by Gasteiger charge is -2.13. The molecule has 0 amide bonds. The van der Waals surface area contributed by atoms with E-state index >= 15 is 0 Å². The van der Waals surface area contributed by atoms with Gasteiger partial charge in [-0.3, -0.25) is 4.52 Å². The van der Waals surface area contributed by atoms with Crippen molar-refractivity contribution < 1.29 is 32.6 Å². The topological polar surface area (TPSA) is 113 Å². The van der Waals surface area contributed by atoms with Gasteiger partial charge >= 0.3 is 15.6 Å². The van der Waals surface area contributed by atoms with Gasteiger partial charge in [-0.1, -0.05) is 58.1 Å². The summed E-state index contributed by atoms with van der Waals surface area (Å²) in [5.74, 6) is 1.43. The zero-order valence-electron chi connectivity index (χ0n) is 15.1. The van der Waals surface area contributed by atoms with Gasteiger partial charge in [0.2, 0.25) is 0 Å². The van der Waals surface area contributed by atoms with Crippen molar-refractivity contribution in [1.29, 1.82) is 0 Å². The van der Waals surface area contributed by atoms with Crippen LogP contribution in [0.15, 0.2) is 11.6 Å². The summed E-state index contributed by atoms with van der Waals surface area (Å²) >= 11 is 0. The van der Waals surface area contributed by atoms with Gasteiger partial charge in [0.25, 0.3) is 0 Å². The highest BCUT2D eigenvalue weighted by Gasteiger charge is 2.31. The molecule has 0 aliphatic heterocycles.